The molecule has 1 aromatic rings. The van der Waals surface area contributed by atoms with Gasteiger partial charge in [-0.25, -0.2) is 0 Å². The summed E-state index contributed by atoms with van der Waals surface area (Å²) in [6.45, 7) is -1.09. The fraction of sp³-hybridized carbons (Fsp3) is 0.455. The van der Waals surface area contributed by atoms with Crippen LogP contribution in [0.2, 0.25) is 5.02 Å². The second-order valence-electron chi connectivity index (χ2n) is 5.43. The average Bonchev–Trinajstić information content (AvgIpc) is 2.15. The van der Waals surface area contributed by atoms with Crippen LogP contribution in [0.4, 0.5) is 0 Å². The highest BCUT2D eigenvalue weighted by Crippen LogP contribution is 2.60. The van der Waals surface area contributed by atoms with Crippen LogP contribution in [0.15, 0.2) is 18.2 Å². The molecule has 0 aromatic heterocycles. The van der Waals surface area contributed by atoms with Crippen LogP contribution in [-0.2, 0) is 21.8 Å². The summed E-state index contributed by atoms with van der Waals surface area (Å²) in [7, 11) is 0. The Bertz CT molecular complexity index is 595. The molecule has 0 aliphatic rings. The zero-order valence-electron chi connectivity index (χ0n) is 11.3. The molecule has 1 rings (SSSR count). The molecule has 0 aliphatic carbocycles. The van der Waals surface area contributed by atoms with Crippen molar-refractivity contribution in [1.82, 2.24) is 0 Å². The lowest BCUT2D eigenvalue weighted by Gasteiger charge is -2.22. The van der Waals surface area contributed by atoms with Crippen molar-refractivity contribution in [3.8, 4) is 5.75 Å². The Labute approximate surface area is 134 Å². The van der Waals surface area contributed by atoms with Crippen LogP contribution in [-0.4, -0.2) is 15.7 Å². The van der Waals surface area contributed by atoms with Gasteiger partial charge in [0.25, 0.3) is 6.57 Å². The second-order valence-corrected chi connectivity index (χ2v) is 13.3. The third-order valence-electron chi connectivity index (χ3n) is 2.40. The lowest BCUT2D eigenvalue weighted by Crippen LogP contribution is -2.10. The summed E-state index contributed by atoms with van der Waals surface area (Å²) in [6, 6.07) is 5.14. The van der Waals surface area contributed by atoms with Gasteiger partial charge in [0.2, 0.25) is 6.49 Å². The van der Waals surface area contributed by atoms with Gasteiger partial charge in [-0.3, -0.25) is 4.57 Å². The van der Waals surface area contributed by atoms with Gasteiger partial charge in [0.15, 0.2) is 0 Å². The second kappa shape index (κ2) is 6.29. The number of hydrogen-bond acceptors (Lipinski definition) is 3. The number of thiol groups is 1. The monoisotopic (exact) mass is 374 g/mol. The van der Waals surface area contributed by atoms with Gasteiger partial charge in [-0.1, -0.05) is 50.7 Å². The summed E-state index contributed by atoms with van der Waals surface area (Å²) < 4.78 is 16.4. The van der Waals surface area contributed by atoms with Crippen molar-refractivity contribution in [2.75, 3.05) is 5.90 Å². The molecule has 2 unspecified atom stereocenters. The first-order valence-electron chi connectivity index (χ1n) is 5.66. The molecule has 2 atom stereocenters. The normalized spacial score (nSPS) is 18.1. The molecule has 4 nitrogen and oxygen atoms in total. The van der Waals surface area contributed by atoms with E-state index in [4.69, 9.17) is 32.8 Å². The Morgan fingerprint density at radius 2 is 1.95 bits per heavy atom. The summed E-state index contributed by atoms with van der Waals surface area (Å²) in [5.74, 6) is -0.372. The largest absolute Gasteiger partial charge is 0.441 e. The van der Waals surface area contributed by atoms with Crippen molar-refractivity contribution in [2.45, 2.75) is 26.2 Å². The fourth-order valence-electron chi connectivity index (χ4n) is 1.46. The van der Waals surface area contributed by atoms with E-state index in [9.17, 15) is 9.46 Å². The maximum Gasteiger partial charge on any atom is 0.262 e. The number of rotatable bonds is 4. The SMILES string of the molecule is CC(C)(C)c1ccc(OP(O)(=S)CP(=O)(O)S)c(Cl)c1. The number of benzene rings is 1. The van der Waals surface area contributed by atoms with E-state index in [1.807, 2.05) is 26.8 Å². The van der Waals surface area contributed by atoms with E-state index < -0.39 is 19.0 Å². The van der Waals surface area contributed by atoms with Gasteiger partial charge in [0, 0.05) is 0 Å². The molecule has 0 saturated heterocycles. The lowest BCUT2D eigenvalue weighted by atomic mass is 9.87. The summed E-state index contributed by atoms with van der Waals surface area (Å²) in [4.78, 5) is 19.1. The molecule has 0 radical (unpaired) electrons. The first-order chi connectivity index (χ1) is 8.80. The van der Waals surface area contributed by atoms with Crippen molar-refractivity contribution >= 4 is 48.7 Å². The average molecular weight is 375 g/mol. The van der Waals surface area contributed by atoms with Crippen LogP contribution in [0, 0.1) is 0 Å². The highest BCUT2D eigenvalue weighted by atomic mass is 35.5. The molecule has 0 bridgehead atoms. The van der Waals surface area contributed by atoms with Gasteiger partial charge in [-0.2, -0.15) is 0 Å². The molecule has 9 heteroatoms. The van der Waals surface area contributed by atoms with Gasteiger partial charge in [-0.15, -0.1) is 0 Å². The Morgan fingerprint density at radius 1 is 1.40 bits per heavy atom. The molecule has 20 heavy (non-hydrogen) atoms. The van der Waals surface area contributed by atoms with Gasteiger partial charge in [0.1, 0.15) is 11.7 Å². The van der Waals surface area contributed by atoms with Crippen molar-refractivity contribution in [2.24, 2.45) is 0 Å². The molecule has 2 N–H and O–H groups in total. The minimum Gasteiger partial charge on any atom is -0.441 e. The van der Waals surface area contributed by atoms with E-state index in [1.165, 1.54) is 0 Å². The van der Waals surface area contributed by atoms with E-state index in [1.54, 1.807) is 12.1 Å². The summed E-state index contributed by atoms with van der Waals surface area (Å²) in [6.07, 6.45) is 0. The van der Waals surface area contributed by atoms with E-state index in [0.29, 0.717) is 5.02 Å². The van der Waals surface area contributed by atoms with E-state index in [-0.39, 0.29) is 11.2 Å². The highest BCUT2D eigenvalue weighted by Gasteiger charge is 2.27. The first kappa shape index (κ1) is 18.5. The van der Waals surface area contributed by atoms with Crippen LogP contribution < -0.4 is 4.52 Å². The van der Waals surface area contributed by atoms with Crippen LogP contribution in [0.1, 0.15) is 26.3 Å². The van der Waals surface area contributed by atoms with E-state index in [0.717, 1.165) is 5.56 Å². The van der Waals surface area contributed by atoms with Crippen LogP contribution in [0.5, 0.6) is 5.75 Å². The van der Waals surface area contributed by atoms with Crippen molar-refractivity contribution in [3.05, 3.63) is 28.8 Å². The predicted molar refractivity (Wildman–Crippen MR) is 91.0 cm³/mol. The van der Waals surface area contributed by atoms with Crippen molar-refractivity contribution in [3.63, 3.8) is 0 Å². The number of hydrogen-bond donors (Lipinski definition) is 3. The third kappa shape index (κ3) is 6.07. The summed E-state index contributed by atoms with van der Waals surface area (Å²) in [5.41, 5.74) is 0.927. The molecule has 0 fully saturated rings. The molecule has 1 aromatic carbocycles. The fourth-order valence-corrected chi connectivity index (χ4v) is 8.25. The minimum atomic E-state index is -3.75. The van der Waals surface area contributed by atoms with Crippen LogP contribution >= 0.6 is 36.9 Å². The van der Waals surface area contributed by atoms with E-state index >= 15 is 0 Å². The molecule has 0 spiro atoms. The molecule has 114 valence electrons. The van der Waals surface area contributed by atoms with Gasteiger partial charge in [-0.05, 0) is 34.9 Å². The van der Waals surface area contributed by atoms with Crippen LogP contribution in [0.3, 0.4) is 0 Å². The smallest absolute Gasteiger partial charge is 0.262 e. The molecular formula is C11H17ClO4P2S2. The lowest BCUT2D eigenvalue weighted by molar-refractivity contribution is 0.476. The summed E-state index contributed by atoms with van der Waals surface area (Å²) >= 11 is 14.4. The van der Waals surface area contributed by atoms with Crippen LogP contribution in [0.25, 0.3) is 0 Å². The molecule has 0 heterocycles. The summed E-state index contributed by atoms with van der Waals surface area (Å²) in [5, 5.41) is 0.299. The van der Waals surface area contributed by atoms with E-state index in [2.05, 4.69) is 12.2 Å². The molecule has 0 amide bonds. The quantitative estimate of drug-likeness (QED) is 0.538. The predicted octanol–water partition coefficient (Wildman–Crippen LogP) is 4.39. The van der Waals surface area contributed by atoms with Gasteiger partial charge in [0.05, 0.1) is 5.02 Å². The Morgan fingerprint density at radius 3 is 2.35 bits per heavy atom. The standard InChI is InChI=1S/C11H17ClO4P2S2/c1-11(2,3)8-4-5-10(9(12)6-8)16-18(15,20)7-17(13,14)19/h4-6H,7H2,1-3H3,(H,15,20)(H2,13,14,19). The minimum absolute atomic E-state index is 0.0759. The maximum absolute atomic E-state index is 11.2. The Balaban J connectivity index is 3.00. The topological polar surface area (TPSA) is 66.8 Å². The first-order valence-corrected chi connectivity index (χ1v) is 11.9. The number of halogens is 1. The van der Waals surface area contributed by atoms with Gasteiger partial charge < -0.3 is 14.3 Å². The van der Waals surface area contributed by atoms with Gasteiger partial charge >= 0.3 is 0 Å². The molecule has 0 aliphatic heterocycles. The Kier molecular flexibility index (Phi) is 5.82. The molecule has 0 saturated carbocycles. The van der Waals surface area contributed by atoms with Crippen molar-refractivity contribution < 1.29 is 18.9 Å². The maximum atomic E-state index is 11.2. The zero-order valence-corrected chi connectivity index (χ0v) is 15.5. The zero-order chi connectivity index (χ0) is 15.8. The van der Waals surface area contributed by atoms with Crippen molar-refractivity contribution in [1.29, 1.82) is 0 Å². The highest BCUT2D eigenvalue weighted by molar-refractivity contribution is 8.47. The molecular weight excluding hydrogens is 358 g/mol. The Hall–Kier alpha value is 0.460. The third-order valence-corrected chi connectivity index (χ3v) is 8.48.